The maximum atomic E-state index is 12.7. The summed E-state index contributed by atoms with van der Waals surface area (Å²) in [6, 6.07) is 13.4. The highest BCUT2D eigenvalue weighted by Gasteiger charge is 2.07. The Morgan fingerprint density at radius 1 is 1.08 bits per heavy atom. The van der Waals surface area contributed by atoms with Gasteiger partial charge in [-0.05, 0) is 54.8 Å². The van der Waals surface area contributed by atoms with Crippen LogP contribution in [0.25, 0.3) is 5.69 Å². The van der Waals surface area contributed by atoms with Crippen LogP contribution in [0, 0.1) is 13.8 Å². The van der Waals surface area contributed by atoms with Gasteiger partial charge < -0.3 is 5.32 Å². The Morgan fingerprint density at radius 2 is 1.83 bits per heavy atom. The van der Waals surface area contributed by atoms with E-state index in [9.17, 15) is 4.79 Å². The third-order valence-electron chi connectivity index (χ3n) is 3.98. The van der Waals surface area contributed by atoms with Gasteiger partial charge in [0.05, 0.1) is 0 Å². The average molecular weight is 340 g/mol. The number of nitrogens with zero attached hydrogens (tertiary/aromatic N) is 2. The van der Waals surface area contributed by atoms with Gasteiger partial charge >= 0.3 is 0 Å². The number of aryl methyl sites for hydroxylation is 2. The first kappa shape index (κ1) is 16.3. The van der Waals surface area contributed by atoms with Crippen molar-refractivity contribution in [3.05, 3.63) is 86.9 Å². The van der Waals surface area contributed by atoms with Crippen molar-refractivity contribution in [2.75, 3.05) is 5.32 Å². The number of rotatable bonds is 4. The Hall–Kier alpha value is -2.59. The Morgan fingerprint density at radius 3 is 2.54 bits per heavy atom. The minimum Gasteiger partial charge on any atom is -0.361 e. The molecule has 0 radical (unpaired) electrons. The lowest BCUT2D eigenvalue weighted by Crippen LogP contribution is -2.23. The van der Waals surface area contributed by atoms with E-state index in [0.717, 1.165) is 16.8 Å². The monoisotopic (exact) mass is 339 g/mol. The molecule has 0 bridgehead atoms. The number of anilines is 1. The molecule has 3 aromatic rings. The van der Waals surface area contributed by atoms with Gasteiger partial charge in [-0.15, -0.1) is 0 Å². The minimum absolute atomic E-state index is 0.172. The van der Waals surface area contributed by atoms with Gasteiger partial charge in [0.25, 0.3) is 5.56 Å². The maximum absolute atomic E-state index is 12.7. The van der Waals surface area contributed by atoms with E-state index >= 15 is 0 Å². The maximum Gasteiger partial charge on any atom is 0.297 e. The Kier molecular flexibility index (Phi) is 4.67. The molecule has 1 heterocycles. The molecule has 0 amide bonds. The van der Waals surface area contributed by atoms with Crippen molar-refractivity contribution in [1.29, 1.82) is 0 Å². The van der Waals surface area contributed by atoms with Crippen molar-refractivity contribution in [2.24, 2.45) is 0 Å². The van der Waals surface area contributed by atoms with E-state index in [2.05, 4.69) is 10.3 Å². The van der Waals surface area contributed by atoms with Crippen LogP contribution in [-0.2, 0) is 6.54 Å². The lowest BCUT2D eigenvalue weighted by molar-refractivity contribution is 0.942. The van der Waals surface area contributed by atoms with E-state index in [1.165, 1.54) is 5.56 Å². The molecule has 1 aromatic heterocycles. The first-order valence-electron chi connectivity index (χ1n) is 7.68. The summed E-state index contributed by atoms with van der Waals surface area (Å²) in [6.45, 7) is 4.59. The van der Waals surface area contributed by atoms with Crippen molar-refractivity contribution in [3.63, 3.8) is 0 Å². The van der Waals surface area contributed by atoms with Gasteiger partial charge in [0.15, 0.2) is 5.82 Å². The van der Waals surface area contributed by atoms with E-state index in [1.807, 2.05) is 56.3 Å². The van der Waals surface area contributed by atoms with Crippen molar-refractivity contribution >= 4 is 17.4 Å². The first-order valence-corrected chi connectivity index (χ1v) is 8.06. The number of hydrogen-bond donors (Lipinski definition) is 1. The quantitative estimate of drug-likeness (QED) is 0.778. The molecule has 0 saturated heterocycles. The van der Waals surface area contributed by atoms with Crippen LogP contribution in [0.3, 0.4) is 0 Å². The minimum atomic E-state index is -0.172. The third kappa shape index (κ3) is 3.49. The molecule has 0 aliphatic carbocycles. The average Bonchev–Trinajstić information content (AvgIpc) is 2.58. The standard InChI is InChI=1S/C19H18ClN3O/c1-13-3-8-17(11-14(13)2)23-10-9-21-18(19(23)24)22-12-15-4-6-16(20)7-5-15/h3-11H,12H2,1-2H3,(H,21,22). The Bertz CT molecular complexity index is 917. The summed E-state index contributed by atoms with van der Waals surface area (Å²) in [5, 5.41) is 3.79. The van der Waals surface area contributed by atoms with Crippen LogP contribution >= 0.6 is 11.6 Å². The predicted molar refractivity (Wildman–Crippen MR) is 98.1 cm³/mol. The number of hydrogen-bond acceptors (Lipinski definition) is 3. The molecule has 5 heteroatoms. The van der Waals surface area contributed by atoms with Gasteiger partial charge in [0.1, 0.15) is 0 Å². The summed E-state index contributed by atoms with van der Waals surface area (Å²) in [6.07, 6.45) is 3.31. The summed E-state index contributed by atoms with van der Waals surface area (Å²) in [5.74, 6) is 0.325. The van der Waals surface area contributed by atoms with Crippen molar-refractivity contribution in [2.45, 2.75) is 20.4 Å². The SMILES string of the molecule is Cc1ccc(-n2ccnc(NCc3ccc(Cl)cc3)c2=O)cc1C. The van der Waals surface area contributed by atoms with Crippen molar-refractivity contribution in [3.8, 4) is 5.69 Å². The van der Waals surface area contributed by atoms with Crippen LogP contribution in [0.15, 0.2) is 59.7 Å². The molecular weight excluding hydrogens is 322 g/mol. The number of halogens is 1. The molecule has 122 valence electrons. The van der Waals surface area contributed by atoms with Crippen LogP contribution in [0.4, 0.5) is 5.82 Å². The molecular formula is C19H18ClN3O. The highest BCUT2D eigenvalue weighted by atomic mass is 35.5. The fourth-order valence-electron chi connectivity index (χ4n) is 2.40. The van der Waals surface area contributed by atoms with Gasteiger partial charge in [-0.25, -0.2) is 4.98 Å². The molecule has 0 fully saturated rings. The second-order valence-electron chi connectivity index (χ2n) is 5.70. The van der Waals surface area contributed by atoms with Gasteiger partial charge in [0, 0.05) is 29.6 Å². The second-order valence-corrected chi connectivity index (χ2v) is 6.14. The number of aromatic nitrogens is 2. The zero-order valence-electron chi connectivity index (χ0n) is 13.6. The van der Waals surface area contributed by atoms with Crippen molar-refractivity contribution in [1.82, 2.24) is 9.55 Å². The summed E-state index contributed by atoms with van der Waals surface area (Å²) in [5.41, 5.74) is 4.03. The number of benzene rings is 2. The van der Waals surface area contributed by atoms with Crippen LogP contribution < -0.4 is 10.9 Å². The summed E-state index contributed by atoms with van der Waals surface area (Å²) in [7, 11) is 0. The molecule has 0 spiro atoms. The summed E-state index contributed by atoms with van der Waals surface area (Å²) >= 11 is 5.88. The summed E-state index contributed by atoms with van der Waals surface area (Å²) in [4.78, 5) is 16.8. The van der Waals surface area contributed by atoms with Crippen molar-refractivity contribution < 1.29 is 0 Å². The molecule has 0 aliphatic rings. The van der Waals surface area contributed by atoms with Crippen LogP contribution in [0.2, 0.25) is 5.02 Å². The Labute approximate surface area is 145 Å². The molecule has 4 nitrogen and oxygen atoms in total. The molecule has 2 aromatic carbocycles. The lowest BCUT2D eigenvalue weighted by Gasteiger charge is -2.11. The zero-order valence-corrected chi connectivity index (χ0v) is 14.3. The fourth-order valence-corrected chi connectivity index (χ4v) is 2.53. The van der Waals surface area contributed by atoms with E-state index < -0.39 is 0 Å². The fraction of sp³-hybridized carbons (Fsp3) is 0.158. The Balaban J connectivity index is 1.86. The van der Waals surface area contributed by atoms with Crippen LogP contribution in [0.1, 0.15) is 16.7 Å². The summed E-state index contributed by atoms with van der Waals surface area (Å²) < 4.78 is 1.60. The predicted octanol–water partition coefficient (Wildman–Crippen LogP) is 4.11. The zero-order chi connectivity index (χ0) is 17.1. The van der Waals surface area contributed by atoms with Gasteiger partial charge in [-0.2, -0.15) is 0 Å². The largest absolute Gasteiger partial charge is 0.361 e. The van der Waals surface area contributed by atoms with Gasteiger partial charge in [-0.3, -0.25) is 9.36 Å². The van der Waals surface area contributed by atoms with E-state index in [4.69, 9.17) is 11.6 Å². The third-order valence-corrected chi connectivity index (χ3v) is 4.23. The van der Waals surface area contributed by atoms with Crippen LogP contribution in [0.5, 0.6) is 0 Å². The number of nitrogens with one attached hydrogen (secondary N) is 1. The van der Waals surface area contributed by atoms with Gasteiger partial charge in [0.2, 0.25) is 0 Å². The molecule has 1 N–H and O–H groups in total. The molecule has 0 unspecified atom stereocenters. The first-order chi connectivity index (χ1) is 11.5. The van der Waals surface area contributed by atoms with Crippen LogP contribution in [-0.4, -0.2) is 9.55 Å². The molecule has 0 aliphatic heterocycles. The lowest BCUT2D eigenvalue weighted by atomic mass is 10.1. The highest BCUT2D eigenvalue weighted by Crippen LogP contribution is 2.13. The molecule has 0 atom stereocenters. The topological polar surface area (TPSA) is 46.9 Å². The molecule has 0 saturated carbocycles. The second kappa shape index (κ2) is 6.89. The van der Waals surface area contributed by atoms with E-state index in [1.54, 1.807) is 17.0 Å². The normalized spacial score (nSPS) is 10.6. The highest BCUT2D eigenvalue weighted by molar-refractivity contribution is 6.30. The molecule has 3 rings (SSSR count). The smallest absolute Gasteiger partial charge is 0.297 e. The van der Waals surface area contributed by atoms with Gasteiger partial charge in [-0.1, -0.05) is 29.8 Å². The molecule has 24 heavy (non-hydrogen) atoms. The van der Waals surface area contributed by atoms with E-state index in [-0.39, 0.29) is 5.56 Å². The van der Waals surface area contributed by atoms with E-state index in [0.29, 0.717) is 17.4 Å².